The Morgan fingerprint density at radius 1 is 1.16 bits per heavy atom. The highest BCUT2D eigenvalue weighted by molar-refractivity contribution is 6.05. The van der Waals surface area contributed by atoms with Crippen LogP contribution in [0.1, 0.15) is 35.3 Å². The third-order valence-corrected chi connectivity index (χ3v) is 4.62. The number of carbonyl (C=O) groups is 2. The molecule has 1 aliphatic rings. The average Bonchev–Trinajstić information content (AvgIpc) is 2.84. The molecule has 0 radical (unpaired) electrons. The van der Waals surface area contributed by atoms with Gasteiger partial charge in [-0.2, -0.15) is 0 Å². The number of anilines is 1. The molecule has 1 aliphatic heterocycles. The average molecular weight is 338 g/mol. The van der Waals surface area contributed by atoms with Crippen molar-refractivity contribution in [3.05, 3.63) is 59.2 Å². The van der Waals surface area contributed by atoms with Crippen molar-refractivity contribution in [1.82, 2.24) is 5.32 Å². The van der Waals surface area contributed by atoms with Crippen molar-refractivity contribution in [3.8, 4) is 5.75 Å². The maximum Gasteiger partial charge on any atom is 0.251 e. The van der Waals surface area contributed by atoms with Crippen LogP contribution in [0.25, 0.3) is 0 Å². The fourth-order valence-electron chi connectivity index (χ4n) is 2.94. The molecular formula is C20H22N2O3. The van der Waals surface area contributed by atoms with E-state index in [-0.39, 0.29) is 11.8 Å². The van der Waals surface area contributed by atoms with Crippen molar-refractivity contribution in [2.45, 2.75) is 25.7 Å². The SMILES string of the molecule is COc1ccc(C(=O)NCCc2ccc3c(c2)C(C)(C)C(=O)N3)cc1. The van der Waals surface area contributed by atoms with Crippen molar-refractivity contribution in [1.29, 1.82) is 0 Å². The van der Waals surface area contributed by atoms with Crippen molar-refractivity contribution in [2.75, 3.05) is 19.0 Å². The summed E-state index contributed by atoms with van der Waals surface area (Å²) in [6.07, 6.45) is 0.708. The molecule has 25 heavy (non-hydrogen) atoms. The van der Waals surface area contributed by atoms with Gasteiger partial charge < -0.3 is 15.4 Å². The lowest BCUT2D eigenvalue weighted by Crippen LogP contribution is -2.27. The zero-order chi connectivity index (χ0) is 18.0. The molecule has 0 atom stereocenters. The molecule has 0 fully saturated rings. The van der Waals surface area contributed by atoms with Gasteiger partial charge in [0, 0.05) is 17.8 Å². The Balaban J connectivity index is 1.60. The summed E-state index contributed by atoms with van der Waals surface area (Å²) in [5, 5.41) is 5.82. The number of ether oxygens (including phenoxy) is 1. The van der Waals surface area contributed by atoms with Crippen LogP contribution in [-0.4, -0.2) is 25.5 Å². The third kappa shape index (κ3) is 3.36. The minimum atomic E-state index is -0.516. The summed E-state index contributed by atoms with van der Waals surface area (Å²) in [6, 6.07) is 13.0. The first-order chi connectivity index (χ1) is 11.9. The Kier molecular flexibility index (Phi) is 4.49. The first-order valence-corrected chi connectivity index (χ1v) is 8.29. The van der Waals surface area contributed by atoms with Gasteiger partial charge in [0.2, 0.25) is 5.91 Å². The van der Waals surface area contributed by atoms with Crippen molar-refractivity contribution in [3.63, 3.8) is 0 Å². The number of amides is 2. The molecule has 0 saturated heterocycles. The molecule has 3 rings (SSSR count). The summed E-state index contributed by atoms with van der Waals surface area (Å²) in [6.45, 7) is 4.37. The maximum absolute atomic E-state index is 12.2. The van der Waals surface area contributed by atoms with E-state index in [1.807, 2.05) is 32.0 Å². The zero-order valence-electron chi connectivity index (χ0n) is 14.7. The fourth-order valence-corrected chi connectivity index (χ4v) is 2.94. The Morgan fingerprint density at radius 3 is 2.56 bits per heavy atom. The van der Waals surface area contributed by atoms with E-state index in [2.05, 4.69) is 10.6 Å². The molecule has 2 aromatic carbocycles. The van der Waals surface area contributed by atoms with E-state index in [0.29, 0.717) is 18.5 Å². The van der Waals surface area contributed by atoms with Crippen LogP contribution in [0.5, 0.6) is 5.75 Å². The highest BCUT2D eigenvalue weighted by atomic mass is 16.5. The quantitative estimate of drug-likeness (QED) is 0.881. The Labute approximate surface area is 147 Å². The minimum absolute atomic E-state index is 0.0208. The number of benzene rings is 2. The van der Waals surface area contributed by atoms with E-state index in [9.17, 15) is 9.59 Å². The predicted octanol–water partition coefficient (Wildman–Crippen LogP) is 2.90. The van der Waals surface area contributed by atoms with Crippen LogP contribution in [0, 0.1) is 0 Å². The Bertz CT molecular complexity index is 810. The van der Waals surface area contributed by atoms with Gasteiger partial charge in [0.05, 0.1) is 12.5 Å². The summed E-state index contributed by atoms with van der Waals surface area (Å²) in [4.78, 5) is 24.2. The van der Waals surface area contributed by atoms with Gasteiger partial charge in [0.25, 0.3) is 5.91 Å². The fraction of sp³-hybridized carbons (Fsp3) is 0.300. The standard InChI is InChI=1S/C20H22N2O3/c1-20(2)16-12-13(4-9-17(16)22-19(20)24)10-11-21-18(23)14-5-7-15(25-3)8-6-14/h4-9,12H,10-11H2,1-3H3,(H,21,23)(H,22,24). The molecule has 0 aromatic heterocycles. The summed E-state index contributed by atoms with van der Waals surface area (Å²) in [7, 11) is 1.59. The van der Waals surface area contributed by atoms with Gasteiger partial charge in [-0.05, 0) is 61.7 Å². The van der Waals surface area contributed by atoms with Crippen molar-refractivity contribution >= 4 is 17.5 Å². The molecule has 2 amide bonds. The van der Waals surface area contributed by atoms with E-state index in [1.54, 1.807) is 31.4 Å². The van der Waals surface area contributed by atoms with E-state index in [0.717, 1.165) is 22.6 Å². The van der Waals surface area contributed by atoms with Crippen LogP contribution < -0.4 is 15.4 Å². The number of methoxy groups -OCH3 is 1. The second-order valence-electron chi connectivity index (χ2n) is 6.69. The van der Waals surface area contributed by atoms with Gasteiger partial charge in [0.15, 0.2) is 0 Å². The molecular weight excluding hydrogens is 316 g/mol. The first kappa shape index (κ1) is 17.0. The highest BCUT2D eigenvalue weighted by Crippen LogP contribution is 2.37. The summed E-state index contributed by atoms with van der Waals surface area (Å²) in [5.41, 5.74) is 3.07. The second kappa shape index (κ2) is 6.59. The van der Waals surface area contributed by atoms with Crippen LogP contribution in [-0.2, 0) is 16.6 Å². The molecule has 0 aliphatic carbocycles. The van der Waals surface area contributed by atoms with E-state index < -0.39 is 5.41 Å². The number of rotatable bonds is 5. The normalized spacial score (nSPS) is 14.6. The topological polar surface area (TPSA) is 67.4 Å². The van der Waals surface area contributed by atoms with Crippen LogP contribution in [0.2, 0.25) is 0 Å². The molecule has 130 valence electrons. The van der Waals surface area contributed by atoms with Gasteiger partial charge in [-0.15, -0.1) is 0 Å². The highest BCUT2D eigenvalue weighted by Gasteiger charge is 2.38. The molecule has 5 nitrogen and oxygen atoms in total. The summed E-state index contributed by atoms with van der Waals surface area (Å²) >= 11 is 0. The predicted molar refractivity (Wildman–Crippen MR) is 97.1 cm³/mol. The monoisotopic (exact) mass is 338 g/mol. The van der Waals surface area contributed by atoms with Crippen LogP contribution in [0.4, 0.5) is 5.69 Å². The van der Waals surface area contributed by atoms with Gasteiger partial charge in [-0.1, -0.05) is 12.1 Å². The lowest BCUT2D eigenvalue weighted by Gasteiger charge is -2.16. The lowest BCUT2D eigenvalue weighted by molar-refractivity contribution is -0.119. The van der Waals surface area contributed by atoms with Gasteiger partial charge in [-0.25, -0.2) is 0 Å². The molecule has 0 bridgehead atoms. The zero-order valence-corrected chi connectivity index (χ0v) is 14.7. The van der Waals surface area contributed by atoms with Crippen molar-refractivity contribution < 1.29 is 14.3 Å². The van der Waals surface area contributed by atoms with Gasteiger partial charge in [0.1, 0.15) is 5.75 Å². The lowest BCUT2D eigenvalue weighted by atomic mass is 9.85. The largest absolute Gasteiger partial charge is 0.497 e. The number of hydrogen-bond donors (Lipinski definition) is 2. The smallest absolute Gasteiger partial charge is 0.251 e. The minimum Gasteiger partial charge on any atom is -0.497 e. The number of fused-ring (bicyclic) bond motifs is 1. The molecule has 0 saturated carbocycles. The van der Waals surface area contributed by atoms with E-state index in [1.165, 1.54) is 0 Å². The molecule has 0 unspecified atom stereocenters. The third-order valence-electron chi connectivity index (χ3n) is 4.62. The van der Waals surface area contributed by atoms with Crippen LogP contribution >= 0.6 is 0 Å². The van der Waals surface area contributed by atoms with Gasteiger partial charge >= 0.3 is 0 Å². The van der Waals surface area contributed by atoms with Gasteiger partial charge in [-0.3, -0.25) is 9.59 Å². The number of nitrogens with one attached hydrogen (secondary N) is 2. The molecule has 1 heterocycles. The maximum atomic E-state index is 12.2. The Morgan fingerprint density at radius 2 is 1.88 bits per heavy atom. The summed E-state index contributed by atoms with van der Waals surface area (Å²) in [5.74, 6) is 0.633. The van der Waals surface area contributed by atoms with Crippen LogP contribution in [0.15, 0.2) is 42.5 Å². The Hall–Kier alpha value is -2.82. The van der Waals surface area contributed by atoms with Crippen molar-refractivity contribution in [2.24, 2.45) is 0 Å². The molecule has 0 spiro atoms. The van der Waals surface area contributed by atoms with Crippen LogP contribution in [0.3, 0.4) is 0 Å². The number of carbonyl (C=O) groups excluding carboxylic acids is 2. The van der Waals surface area contributed by atoms with E-state index in [4.69, 9.17) is 4.74 Å². The molecule has 2 aromatic rings. The molecule has 2 N–H and O–H groups in total. The first-order valence-electron chi connectivity index (χ1n) is 8.29. The molecule has 5 heteroatoms. The number of hydrogen-bond acceptors (Lipinski definition) is 3. The van der Waals surface area contributed by atoms with E-state index >= 15 is 0 Å². The summed E-state index contributed by atoms with van der Waals surface area (Å²) < 4.78 is 5.09. The second-order valence-corrected chi connectivity index (χ2v) is 6.69.